The van der Waals surface area contributed by atoms with E-state index in [0.29, 0.717) is 23.4 Å². The van der Waals surface area contributed by atoms with Crippen molar-refractivity contribution in [2.24, 2.45) is 0 Å². The second kappa shape index (κ2) is 11.5. The number of carbonyl (C=O) groups is 1. The average molecular weight is 525 g/mol. The number of alkyl halides is 3. The fraction of sp³-hybridized carbons (Fsp3) is 0.185. The first-order chi connectivity index (χ1) is 17.9. The van der Waals surface area contributed by atoms with Gasteiger partial charge in [0.05, 0.1) is 17.1 Å². The van der Waals surface area contributed by atoms with Crippen molar-refractivity contribution in [2.45, 2.75) is 26.9 Å². The number of nitro groups is 1. The van der Waals surface area contributed by atoms with E-state index in [2.05, 4.69) is 5.32 Å². The summed E-state index contributed by atoms with van der Waals surface area (Å²) in [5.41, 5.74) is 0.525. The lowest BCUT2D eigenvalue weighted by molar-refractivity contribution is -0.385. The summed E-state index contributed by atoms with van der Waals surface area (Å²) in [4.78, 5) is 23.1. The molecule has 0 heterocycles. The lowest BCUT2D eigenvalue weighted by atomic mass is 10.1. The maximum atomic E-state index is 13.0. The van der Waals surface area contributed by atoms with Gasteiger partial charge in [-0.05, 0) is 68.3 Å². The third-order valence-corrected chi connectivity index (χ3v) is 5.28. The normalized spacial score (nSPS) is 11.4. The van der Waals surface area contributed by atoms with E-state index >= 15 is 0 Å². The number of rotatable bonds is 8. The monoisotopic (exact) mass is 525 g/mol. The number of amides is 1. The smallest absolute Gasteiger partial charge is 0.416 e. The van der Waals surface area contributed by atoms with Crippen LogP contribution in [-0.2, 0) is 11.0 Å². The zero-order valence-electron chi connectivity index (χ0n) is 20.6. The molecule has 3 rings (SSSR count). The van der Waals surface area contributed by atoms with Crippen LogP contribution in [-0.4, -0.2) is 17.4 Å². The molecule has 0 radical (unpaired) electrons. The lowest BCUT2D eigenvalue weighted by Gasteiger charge is -2.14. The Hall–Kier alpha value is -4.85. The molecule has 0 unspecified atom stereocenters. The number of anilines is 1. The first-order valence-corrected chi connectivity index (χ1v) is 11.2. The number of nitrogens with one attached hydrogen (secondary N) is 1. The van der Waals surface area contributed by atoms with E-state index in [0.717, 1.165) is 17.2 Å². The van der Waals surface area contributed by atoms with Crippen molar-refractivity contribution < 1.29 is 32.4 Å². The number of nitriles is 1. The number of benzene rings is 3. The second-order valence-electron chi connectivity index (χ2n) is 8.12. The van der Waals surface area contributed by atoms with E-state index in [-0.39, 0.29) is 23.7 Å². The van der Waals surface area contributed by atoms with Crippen LogP contribution >= 0.6 is 0 Å². The minimum absolute atomic E-state index is 0.00917. The molecule has 0 bridgehead atoms. The Morgan fingerprint density at radius 3 is 2.39 bits per heavy atom. The molecule has 3 aromatic rings. The van der Waals surface area contributed by atoms with Crippen LogP contribution in [0.1, 0.15) is 29.2 Å². The summed E-state index contributed by atoms with van der Waals surface area (Å²) in [7, 11) is 0. The summed E-state index contributed by atoms with van der Waals surface area (Å²) >= 11 is 0. The van der Waals surface area contributed by atoms with Gasteiger partial charge in [-0.1, -0.05) is 23.8 Å². The molecule has 0 saturated heterocycles. The zero-order chi connectivity index (χ0) is 28.0. The molecule has 0 aliphatic rings. The van der Waals surface area contributed by atoms with Crippen molar-refractivity contribution in [3.05, 3.63) is 92.5 Å². The Morgan fingerprint density at radius 1 is 1.08 bits per heavy atom. The molecule has 196 valence electrons. The molecule has 0 fully saturated rings. The predicted molar refractivity (Wildman–Crippen MR) is 134 cm³/mol. The van der Waals surface area contributed by atoms with Crippen LogP contribution < -0.4 is 14.8 Å². The van der Waals surface area contributed by atoms with E-state index in [9.17, 15) is 33.3 Å². The number of hydrogen-bond donors (Lipinski definition) is 1. The van der Waals surface area contributed by atoms with Gasteiger partial charge in [0.1, 0.15) is 11.6 Å². The van der Waals surface area contributed by atoms with Crippen molar-refractivity contribution in [1.29, 1.82) is 5.26 Å². The van der Waals surface area contributed by atoms with Crippen molar-refractivity contribution in [2.75, 3.05) is 11.9 Å². The van der Waals surface area contributed by atoms with Gasteiger partial charge >= 0.3 is 11.9 Å². The first-order valence-electron chi connectivity index (χ1n) is 11.2. The van der Waals surface area contributed by atoms with Gasteiger partial charge in [-0.2, -0.15) is 18.4 Å². The summed E-state index contributed by atoms with van der Waals surface area (Å²) < 4.78 is 50.1. The molecule has 0 spiro atoms. The fourth-order valence-electron chi connectivity index (χ4n) is 3.47. The van der Waals surface area contributed by atoms with Gasteiger partial charge in [0, 0.05) is 11.8 Å². The molecule has 0 atom stereocenters. The van der Waals surface area contributed by atoms with Crippen LogP contribution in [0.3, 0.4) is 0 Å². The highest BCUT2D eigenvalue weighted by Gasteiger charge is 2.33. The van der Waals surface area contributed by atoms with Gasteiger partial charge in [0.2, 0.25) is 5.75 Å². The molecule has 0 saturated carbocycles. The molecule has 8 nitrogen and oxygen atoms in total. The molecule has 0 aromatic heterocycles. The topological polar surface area (TPSA) is 114 Å². The number of aryl methyl sites for hydroxylation is 2. The van der Waals surface area contributed by atoms with Crippen LogP contribution in [0.15, 0.2) is 60.2 Å². The highest BCUT2D eigenvalue weighted by molar-refractivity contribution is 6.10. The van der Waals surface area contributed by atoms with Crippen LogP contribution in [0.2, 0.25) is 0 Å². The van der Waals surface area contributed by atoms with Gasteiger partial charge in [-0.15, -0.1) is 0 Å². The highest BCUT2D eigenvalue weighted by atomic mass is 19.4. The minimum atomic E-state index is -4.77. The summed E-state index contributed by atoms with van der Waals surface area (Å²) in [5.74, 6) is -0.955. The largest absolute Gasteiger partial charge is 0.490 e. The number of halogens is 3. The van der Waals surface area contributed by atoms with E-state index < -0.39 is 34.0 Å². The fourth-order valence-corrected chi connectivity index (χ4v) is 3.47. The molecule has 3 aromatic carbocycles. The zero-order valence-corrected chi connectivity index (χ0v) is 20.6. The molecule has 0 aliphatic heterocycles. The third-order valence-electron chi connectivity index (χ3n) is 5.28. The molecule has 11 heteroatoms. The maximum absolute atomic E-state index is 13.0. The van der Waals surface area contributed by atoms with Gasteiger partial charge in [-0.25, -0.2) is 0 Å². The second-order valence-corrected chi connectivity index (χ2v) is 8.12. The SMILES string of the molecule is CCOc1cc(/C=C(\C#N)C(=O)Nc2ccc(C)cc2C)ccc1Oc1ccc(C(F)(F)F)cc1[N+](=O)[O-]. The summed E-state index contributed by atoms with van der Waals surface area (Å²) in [6, 6.07) is 13.5. The molecule has 1 amide bonds. The summed E-state index contributed by atoms with van der Waals surface area (Å²) in [6.07, 6.45) is -3.44. The van der Waals surface area contributed by atoms with Gasteiger partial charge in [0.25, 0.3) is 5.91 Å². The van der Waals surface area contributed by atoms with Crippen molar-refractivity contribution in [3.63, 3.8) is 0 Å². The van der Waals surface area contributed by atoms with Crippen LogP contribution in [0.5, 0.6) is 17.2 Å². The number of carbonyl (C=O) groups excluding carboxylic acids is 1. The van der Waals surface area contributed by atoms with Gasteiger partial charge in [0.15, 0.2) is 11.5 Å². The van der Waals surface area contributed by atoms with E-state index in [1.807, 2.05) is 32.0 Å². The summed E-state index contributed by atoms with van der Waals surface area (Å²) in [5, 5.41) is 23.6. The Bertz CT molecular complexity index is 1460. The summed E-state index contributed by atoms with van der Waals surface area (Å²) in [6.45, 7) is 5.58. The number of nitrogens with zero attached hydrogens (tertiary/aromatic N) is 2. The molecule has 38 heavy (non-hydrogen) atoms. The first kappa shape index (κ1) is 27.7. The molecular formula is C27H22F3N3O5. The quantitative estimate of drug-likeness (QED) is 0.147. The minimum Gasteiger partial charge on any atom is -0.490 e. The van der Waals surface area contributed by atoms with Gasteiger partial charge in [-0.3, -0.25) is 14.9 Å². The Kier molecular flexibility index (Phi) is 8.37. The van der Waals surface area contributed by atoms with Gasteiger partial charge < -0.3 is 14.8 Å². The molecular weight excluding hydrogens is 503 g/mol. The molecule has 0 aliphatic carbocycles. The van der Waals surface area contributed by atoms with Crippen LogP contribution in [0, 0.1) is 35.3 Å². The van der Waals surface area contributed by atoms with Crippen molar-refractivity contribution >= 4 is 23.4 Å². The standard InChI is InChI=1S/C27H22F3N3O5/c1-4-37-25-13-18(12-19(15-31)26(34)32-21-8-5-16(2)11-17(21)3)6-9-24(25)38-23-10-7-20(27(28,29)30)14-22(23)33(35)36/h5-14H,4H2,1-3H3,(H,32,34)/b19-12+. The van der Waals surface area contributed by atoms with E-state index in [1.54, 1.807) is 13.0 Å². The average Bonchev–Trinajstić information content (AvgIpc) is 2.85. The van der Waals surface area contributed by atoms with E-state index in [4.69, 9.17) is 9.47 Å². The van der Waals surface area contributed by atoms with E-state index in [1.165, 1.54) is 24.3 Å². The van der Waals surface area contributed by atoms with Crippen LogP contribution in [0.25, 0.3) is 6.08 Å². The maximum Gasteiger partial charge on any atom is 0.416 e. The number of ether oxygens (including phenoxy) is 2. The molecule has 1 N–H and O–H groups in total. The lowest BCUT2D eigenvalue weighted by Crippen LogP contribution is -2.14. The Balaban J connectivity index is 1.92. The van der Waals surface area contributed by atoms with Crippen molar-refractivity contribution in [1.82, 2.24) is 0 Å². The third kappa shape index (κ3) is 6.67. The Labute approximate surface area is 216 Å². The Morgan fingerprint density at radius 2 is 1.79 bits per heavy atom. The number of nitro benzene ring substituents is 1. The van der Waals surface area contributed by atoms with Crippen molar-refractivity contribution in [3.8, 4) is 23.3 Å². The number of hydrogen-bond acceptors (Lipinski definition) is 6. The highest BCUT2D eigenvalue weighted by Crippen LogP contribution is 2.40. The van der Waals surface area contributed by atoms with Crippen LogP contribution in [0.4, 0.5) is 24.5 Å². The predicted octanol–water partition coefficient (Wildman–Crippen LogP) is 6.97.